The number of hydrogen-bond acceptors (Lipinski definition) is 4. The lowest BCUT2D eigenvalue weighted by molar-refractivity contribution is 0.135. The molecular formula is C14H22N4O. The molecule has 1 aliphatic heterocycles. The molecule has 1 unspecified atom stereocenters. The zero-order valence-corrected chi connectivity index (χ0v) is 11.5. The fourth-order valence-corrected chi connectivity index (χ4v) is 3.25. The summed E-state index contributed by atoms with van der Waals surface area (Å²) in [4.78, 5) is 16.3. The van der Waals surface area contributed by atoms with Crippen LogP contribution in [0.15, 0.2) is 17.2 Å². The van der Waals surface area contributed by atoms with Gasteiger partial charge in [-0.2, -0.15) is 0 Å². The monoisotopic (exact) mass is 262 g/mol. The highest BCUT2D eigenvalue weighted by molar-refractivity contribution is 5.33. The van der Waals surface area contributed by atoms with E-state index in [2.05, 4.69) is 15.6 Å². The number of nitrogens with one attached hydrogen (secondary N) is 2. The summed E-state index contributed by atoms with van der Waals surface area (Å²) in [6.07, 6.45) is 9.47. The fourth-order valence-electron chi connectivity index (χ4n) is 3.25. The van der Waals surface area contributed by atoms with E-state index in [9.17, 15) is 4.79 Å². The number of aryl methyl sites for hydroxylation is 1. The molecule has 2 aliphatic rings. The van der Waals surface area contributed by atoms with Gasteiger partial charge in [0.1, 0.15) is 0 Å². The predicted molar refractivity (Wildman–Crippen MR) is 75.4 cm³/mol. The first-order valence-electron chi connectivity index (χ1n) is 7.29. The molecule has 1 aliphatic carbocycles. The van der Waals surface area contributed by atoms with Crippen LogP contribution in [0.3, 0.4) is 0 Å². The molecule has 1 spiro atoms. The Morgan fingerprint density at radius 2 is 2.42 bits per heavy atom. The summed E-state index contributed by atoms with van der Waals surface area (Å²) in [5, 5.41) is 7.00. The van der Waals surface area contributed by atoms with Crippen molar-refractivity contribution in [2.45, 2.75) is 57.2 Å². The maximum absolute atomic E-state index is 12.1. The second kappa shape index (κ2) is 4.96. The highest BCUT2D eigenvalue weighted by Gasteiger charge is 2.40. The molecule has 1 aromatic rings. The van der Waals surface area contributed by atoms with Crippen molar-refractivity contribution in [3.05, 3.63) is 22.7 Å². The van der Waals surface area contributed by atoms with Crippen molar-refractivity contribution in [1.82, 2.24) is 14.9 Å². The van der Waals surface area contributed by atoms with E-state index >= 15 is 0 Å². The maximum atomic E-state index is 12.1. The summed E-state index contributed by atoms with van der Waals surface area (Å²) in [5.74, 6) is 0.505. The van der Waals surface area contributed by atoms with Gasteiger partial charge in [0.2, 0.25) is 0 Å². The molecular weight excluding hydrogens is 240 g/mol. The summed E-state index contributed by atoms with van der Waals surface area (Å²) in [6, 6.07) is 0.370. The minimum absolute atomic E-state index is 0.00816. The number of anilines is 1. The third kappa shape index (κ3) is 2.39. The van der Waals surface area contributed by atoms with Gasteiger partial charge in [-0.05, 0) is 45.6 Å². The van der Waals surface area contributed by atoms with E-state index in [-0.39, 0.29) is 5.56 Å². The van der Waals surface area contributed by atoms with E-state index in [1.807, 2.05) is 6.92 Å². The molecule has 1 atom stereocenters. The minimum Gasteiger partial charge on any atom is -0.363 e. The summed E-state index contributed by atoms with van der Waals surface area (Å²) in [7, 11) is 0. The molecule has 3 rings (SSSR count). The van der Waals surface area contributed by atoms with E-state index in [0.717, 1.165) is 19.4 Å². The lowest BCUT2D eigenvalue weighted by atomic mass is 9.70. The molecule has 1 saturated heterocycles. The summed E-state index contributed by atoms with van der Waals surface area (Å²) in [6.45, 7) is 3.69. The van der Waals surface area contributed by atoms with Crippen molar-refractivity contribution in [3.63, 3.8) is 0 Å². The third-order valence-corrected chi connectivity index (χ3v) is 4.54. The molecule has 2 N–H and O–H groups in total. The van der Waals surface area contributed by atoms with Crippen molar-refractivity contribution < 1.29 is 0 Å². The van der Waals surface area contributed by atoms with E-state index < -0.39 is 0 Å². The molecule has 1 saturated carbocycles. The smallest absolute Gasteiger partial charge is 0.293 e. The summed E-state index contributed by atoms with van der Waals surface area (Å²) >= 11 is 0. The van der Waals surface area contributed by atoms with E-state index in [1.54, 1.807) is 17.0 Å². The molecule has 0 radical (unpaired) electrons. The van der Waals surface area contributed by atoms with Crippen LogP contribution in [-0.4, -0.2) is 27.7 Å². The van der Waals surface area contributed by atoms with E-state index in [4.69, 9.17) is 0 Å². The molecule has 5 nitrogen and oxygen atoms in total. The van der Waals surface area contributed by atoms with Crippen LogP contribution in [0, 0.1) is 0 Å². The number of nitrogens with zero attached hydrogens (tertiary/aromatic N) is 2. The standard InChI is InChI=1S/C14H22N4O/c1-2-18-9-8-15-12(13(18)19)17-11-4-7-16-14(10-11)5-3-6-14/h8-9,11,16H,2-7,10H2,1H3,(H,15,17). The Morgan fingerprint density at radius 1 is 1.58 bits per heavy atom. The van der Waals surface area contributed by atoms with Crippen LogP contribution in [0.1, 0.15) is 39.0 Å². The van der Waals surface area contributed by atoms with Gasteiger partial charge in [-0.1, -0.05) is 0 Å². The SMILES string of the molecule is CCn1ccnc(NC2CCNC3(CCC3)C2)c1=O. The minimum atomic E-state index is -0.00816. The van der Waals surface area contributed by atoms with Crippen LogP contribution in [0.25, 0.3) is 0 Å². The second-order valence-corrected chi connectivity index (χ2v) is 5.76. The number of rotatable bonds is 3. The Kier molecular flexibility index (Phi) is 3.31. The van der Waals surface area contributed by atoms with E-state index in [1.165, 1.54) is 19.3 Å². The Bertz CT molecular complexity index is 506. The van der Waals surface area contributed by atoms with Gasteiger partial charge in [0.25, 0.3) is 5.56 Å². The highest BCUT2D eigenvalue weighted by atomic mass is 16.1. The van der Waals surface area contributed by atoms with Gasteiger partial charge >= 0.3 is 0 Å². The van der Waals surface area contributed by atoms with Crippen LogP contribution >= 0.6 is 0 Å². The Labute approximate surface area is 113 Å². The van der Waals surface area contributed by atoms with Crippen LogP contribution in [0.5, 0.6) is 0 Å². The van der Waals surface area contributed by atoms with Crippen LogP contribution in [-0.2, 0) is 6.54 Å². The van der Waals surface area contributed by atoms with E-state index in [0.29, 0.717) is 23.9 Å². The van der Waals surface area contributed by atoms with Crippen molar-refractivity contribution >= 4 is 5.82 Å². The first-order chi connectivity index (χ1) is 9.22. The zero-order chi connectivity index (χ0) is 13.3. The Hall–Kier alpha value is -1.36. The molecule has 2 heterocycles. The summed E-state index contributed by atoms with van der Waals surface area (Å²) in [5.41, 5.74) is 0.334. The first kappa shape index (κ1) is 12.7. The number of hydrogen-bond donors (Lipinski definition) is 2. The molecule has 5 heteroatoms. The zero-order valence-electron chi connectivity index (χ0n) is 11.5. The number of piperidine rings is 1. The van der Waals surface area contributed by atoms with Crippen molar-refractivity contribution in [3.8, 4) is 0 Å². The average molecular weight is 262 g/mol. The van der Waals surface area contributed by atoms with Crippen LogP contribution in [0.2, 0.25) is 0 Å². The normalized spacial score (nSPS) is 25.0. The molecule has 2 fully saturated rings. The molecule has 104 valence electrons. The quantitative estimate of drug-likeness (QED) is 0.863. The first-order valence-corrected chi connectivity index (χ1v) is 7.29. The van der Waals surface area contributed by atoms with Gasteiger partial charge in [0.15, 0.2) is 5.82 Å². The van der Waals surface area contributed by atoms with Crippen LogP contribution in [0.4, 0.5) is 5.82 Å². The topological polar surface area (TPSA) is 59.0 Å². The van der Waals surface area contributed by atoms with Crippen molar-refractivity contribution in [1.29, 1.82) is 0 Å². The molecule has 1 aromatic heterocycles. The molecule has 0 amide bonds. The van der Waals surface area contributed by atoms with Gasteiger partial charge < -0.3 is 15.2 Å². The van der Waals surface area contributed by atoms with Crippen molar-refractivity contribution in [2.75, 3.05) is 11.9 Å². The second-order valence-electron chi connectivity index (χ2n) is 5.76. The van der Waals surface area contributed by atoms with Crippen molar-refractivity contribution in [2.24, 2.45) is 0 Å². The lowest BCUT2D eigenvalue weighted by Crippen LogP contribution is -2.58. The highest BCUT2D eigenvalue weighted by Crippen LogP contribution is 2.38. The number of aromatic nitrogens is 2. The predicted octanol–water partition coefficient (Wildman–Crippen LogP) is 1.35. The van der Waals surface area contributed by atoms with Crippen LogP contribution < -0.4 is 16.2 Å². The third-order valence-electron chi connectivity index (χ3n) is 4.54. The maximum Gasteiger partial charge on any atom is 0.293 e. The Morgan fingerprint density at radius 3 is 3.11 bits per heavy atom. The summed E-state index contributed by atoms with van der Waals surface area (Å²) < 4.78 is 1.69. The van der Waals surface area contributed by atoms with Gasteiger partial charge in [0.05, 0.1) is 0 Å². The molecule has 19 heavy (non-hydrogen) atoms. The largest absolute Gasteiger partial charge is 0.363 e. The molecule has 0 bridgehead atoms. The van der Waals surface area contributed by atoms with Gasteiger partial charge in [-0.3, -0.25) is 4.79 Å². The van der Waals surface area contributed by atoms with Gasteiger partial charge in [-0.25, -0.2) is 4.98 Å². The average Bonchev–Trinajstić information content (AvgIpc) is 2.40. The van der Waals surface area contributed by atoms with Gasteiger partial charge in [-0.15, -0.1) is 0 Å². The fraction of sp³-hybridized carbons (Fsp3) is 0.714. The Balaban J connectivity index is 1.72. The molecule has 0 aromatic carbocycles. The van der Waals surface area contributed by atoms with Gasteiger partial charge in [0, 0.05) is 30.5 Å². The lowest BCUT2D eigenvalue weighted by Gasteiger charge is -2.48.